The summed E-state index contributed by atoms with van der Waals surface area (Å²) in [5.74, 6) is 1.05. The maximum Gasteiger partial charge on any atom is 0.0726 e. The summed E-state index contributed by atoms with van der Waals surface area (Å²) in [6.07, 6.45) is 3.82. The normalized spacial score (nSPS) is 10.3. The molecule has 0 fully saturated rings. The van der Waals surface area contributed by atoms with Crippen LogP contribution in [0.4, 0.5) is 5.69 Å². The third-order valence-corrected chi connectivity index (χ3v) is 3.16. The van der Waals surface area contributed by atoms with E-state index in [2.05, 4.69) is 34.7 Å². The van der Waals surface area contributed by atoms with Gasteiger partial charge in [-0.1, -0.05) is 18.2 Å². The Hall–Kier alpha value is -1.42. The topological polar surface area (TPSA) is 29.9 Å². The fraction of sp³-hybridized carbons (Fsp3) is 0.250. The van der Waals surface area contributed by atoms with Crippen LogP contribution in [-0.2, 0) is 7.05 Å². The summed E-state index contributed by atoms with van der Waals surface area (Å²) in [4.78, 5) is 1.32. The van der Waals surface area contributed by atoms with Gasteiger partial charge in [0.25, 0.3) is 0 Å². The number of aryl methyl sites for hydroxylation is 1. The minimum atomic E-state index is 0.950. The van der Waals surface area contributed by atoms with Gasteiger partial charge in [0.1, 0.15) is 0 Å². The van der Waals surface area contributed by atoms with E-state index in [1.807, 2.05) is 37.3 Å². The lowest BCUT2D eigenvalue weighted by atomic mass is 10.4. The number of aromatic nitrogens is 2. The van der Waals surface area contributed by atoms with Crippen molar-refractivity contribution in [3.05, 3.63) is 42.7 Å². The first-order valence-corrected chi connectivity index (χ1v) is 6.23. The van der Waals surface area contributed by atoms with Crippen molar-refractivity contribution >= 4 is 17.4 Å². The maximum absolute atomic E-state index is 4.10. The highest BCUT2D eigenvalue weighted by atomic mass is 32.2. The molecule has 1 heterocycles. The van der Waals surface area contributed by atoms with Gasteiger partial charge in [-0.25, -0.2) is 0 Å². The van der Waals surface area contributed by atoms with Gasteiger partial charge in [-0.3, -0.25) is 4.68 Å². The fourth-order valence-corrected chi connectivity index (χ4v) is 2.18. The van der Waals surface area contributed by atoms with Crippen LogP contribution in [0.25, 0.3) is 0 Å². The average Bonchev–Trinajstić information content (AvgIpc) is 2.72. The molecular formula is C12H15N3S. The molecule has 16 heavy (non-hydrogen) atoms. The van der Waals surface area contributed by atoms with E-state index in [9.17, 15) is 0 Å². The molecule has 0 bridgehead atoms. The van der Waals surface area contributed by atoms with Gasteiger partial charge in [0.05, 0.1) is 11.9 Å². The zero-order valence-corrected chi connectivity index (χ0v) is 10.1. The van der Waals surface area contributed by atoms with Gasteiger partial charge >= 0.3 is 0 Å². The number of rotatable bonds is 5. The molecule has 0 atom stereocenters. The Morgan fingerprint density at radius 2 is 2.12 bits per heavy atom. The summed E-state index contributed by atoms with van der Waals surface area (Å²) in [7, 11) is 1.92. The summed E-state index contributed by atoms with van der Waals surface area (Å²) in [6, 6.07) is 10.4. The molecule has 0 spiro atoms. The summed E-state index contributed by atoms with van der Waals surface area (Å²) in [5.41, 5.74) is 1.08. The van der Waals surface area contributed by atoms with Gasteiger partial charge in [0.15, 0.2) is 0 Å². The smallest absolute Gasteiger partial charge is 0.0726 e. The molecule has 0 aliphatic rings. The minimum absolute atomic E-state index is 0.950. The molecule has 0 radical (unpaired) electrons. The van der Waals surface area contributed by atoms with Crippen LogP contribution < -0.4 is 5.32 Å². The SMILES string of the molecule is Cn1cc(NCCSc2ccccc2)cn1. The lowest BCUT2D eigenvalue weighted by molar-refractivity contribution is 0.768. The van der Waals surface area contributed by atoms with E-state index < -0.39 is 0 Å². The van der Waals surface area contributed by atoms with Crippen molar-refractivity contribution in [2.75, 3.05) is 17.6 Å². The van der Waals surface area contributed by atoms with E-state index >= 15 is 0 Å². The number of nitrogens with zero attached hydrogens (tertiary/aromatic N) is 2. The summed E-state index contributed by atoms with van der Waals surface area (Å²) < 4.78 is 1.80. The standard InChI is InChI=1S/C12H15N3S/c1-15-10-11(9-14-15)13-7-8-16-12-5-3-2-4-6-12/h2-6,9-10,13H,7-8H2,1H3. The molecule has 2 rings (SSSR count). The number of hydrogen-bond donors (Lipinski definition) is 1. The Balaban J connectivity index is 1.69. The quantitative estimate of drug-likeness (QED) is 0.636. The number of thioether (sulfide) groups is 1. The lowest BCUT2D eigenvalue weighted by Crippen LogP contribution is -2.02. The molecule has 0 aliphatic carbocycles. The molecule has 84 valence electrons. The molecule has 0 saturated heterocycles. The highest BCUT2D eigenvalue weighted by Crippen LogP contribution is 2.16. The summed E-state index contributed by atoms with van der Waals surface area (Å²) >= 11 is 1.86. The molecule has 0 aliphatic heterocycles. The molecule has 0 saturated carbocycles. The molecule has 4 heteroatoms. The number of anilines is 1. The van der Waals surface area contributed by atoms with Crippen LogP contribution in [0.2, 0.25) is 0 Å². The van der Waals surface area contributed by atoms with E-state index in [0.29, 0.717) is 0 Å². The van der Waals surface area contributed by atoms with Gasteiger partial charge in [0.2, 0.25) is 0 Å². The Kier molecular flexibility index (Phi) is 3.88. The van der Waals surface area contributed by atoms with Gasteiger partial charge in [-0.05, 0) is 12.1 Å². The van der Waals surface area contributed by atoms with Gasteiger partial charge < -0.3 is 5.32 Å². The number of hydrogen-bond acceptors (Lipinski definition) is 3. The Labute approximate surface area is 99.9 Å². The van der Waals surface area contributed by atoms with E-state index in [1.54, 1.807) is 4.68 Å². The summed E-state index contributed by atoms with van der Waals surface area (Å²) in [5, 5.41) is 7.43. The minimum Gasteiger partial charge on any atom is -0.382 e. The third-order valence-electron chi connectivity index (χ3n) is 2.15. The predicted octanol–water partition coefficient (Wildman–Crippen LogP) is 2.62. The highest BCUT2D eigenvalue weighted by Gasteiger charge is 1.95. The summed E-state index contributed by atoms with van der Waals surface area (Å²) in [6.45, 7) is 0.950. The van der Waals surface area contributed by atoms with Gasteiger partial charge in [-0.2, -0.15) is 5.10 Å². The lowest BCUT2D eigenvalue weighted by Gasteiger charge is -2.03. The van der Waals surface area contributed by atoms with Crippen molar-refractivity contribution in [2.24, 2.45) is 7.05 Å². The molecule has 2 aromatic rings. The molecule has 0 unspecified atom stereocenters. The van der Waals surface area contributed by atoms with Crippen molar-refractivity contribution < 1.29 is 0 Å². The zero-order chi connectivity index (χ0) is 11.2. The molecular weight excluding hydrogens is 218 g/mol. The van der Waals surface area contributed by atoms with Crippen LogP contribution in [0.3, 0.4) is 0 Å². The monoisotopic (exact) mass is 233 g/mol. The maximum atomic E-state index is 4.10. The third kappa shape index (κ3) is 3.31. The second-order valence-electron chi connectivity index (χ2n) is 3.49. The molecule has 1 N–H and O–H groups in total. The highest BCUT2D eigenvalue weighted by molar-refractivity contribution is 7.99. The van der Waals surface area contributed by atoms with Gasteiger partial charge in [-0.15, -0.1) is 11.8 Å². The number of nitrogens with one attached hydrogen (secondary N) is 1. The average molecular weight is 233 g/mol. The van der Waals surface area contributed by atoms with Crippen LogP contribution in [-0.4, -0.2) is 22.1 Å². The first-order valence-electron chi connectivity index (χ1n) is 5.25. The van der Waals surface area contributed by atoms with Crippen molar-refractivity contribution in [3.8, 4) is 0 Å². The first-order chi connectivity index (χ1) is 7.84. The largest absolute Gasteiger partial charge is 0.382 e. The fourth-order valence-electron chi connectivity index (χ4n) is 1.39. The van der Waals surface area contributed by atoms with Crippen molar-refractivity contribution in [2.45, 2.75) is 4.90 Å². The Morgan fingerprint density at radius 3 is 2.81 bits per heavy atom. The zero-order valence-electron chi connectivity index (χ0n) is 9.26. The van der Waals surface area contributed by atoms with Gasteiger partial charge in [0, 0.05) is 30.4 Å². The molecule has 1 aromatic heterocycles. The second kappa shape index (κ2) is 5.61. The van der Waals surface area contributed by atoms with E-state index in [-0.39, 0.29) is 0 Å². The van der Waals surface area contributed by atoms with Crippen LogP contribution in [0.1, 0.15) is 0 Å². The first kappa shape index (κ1) is 11.1. The van der Waals surface area contributed by atoms with E-state index in [1.165, 1.54) is 4.90 Å². The Bertz CT molecular complexity index is 425. The van der Waals surface area contributed by atoms with Crippen molar-refractivity contribution in [3.63, 3.8) is 0 Å². The number of benzene rings is 1. The second-order valence-corrected chi connectivity index (χ2v) is 4.66. The van der Waals surface area contributed by atoms with Crippen LogP contribution >= 0.6 is 11.8 Å². The van der Waals surface area contributed by atoms with E-state index in [0.717, 1.165) is 18.0 Å². The predicted molar refractivity (Wildman–Crippen MR) is 68.9 cm³/mol. The van der Waals surface area contributed by atoms with Crippen molar-refractivity contribution in [1.29, 1.82) is 0 Å². The van der Waals surface area contributed by atoms with Crippen LogP contribution in [0.15, 0.2) is 47.6 Å². The molecule has 0 amide bonds. The Morgan fingerprint density at radius 1 is 1.31 bits per heavy atom. The molecule has 1 aromatic carbocycles. The van der Waals surface area contributed by atoms with Crippen LogP contribution in [0.5, 0.6) is 0 Å². The van der Waals surface area contributed by atoms with Crippen molar-refractivity contribution in [1.82, 2.24) is 9.78 Å². The van der Waals surface area contributed by atoms with E-state index in [4.69, 9.17) is 0 Å². The molecule has 3 nitrogen and oxygen atoms in total. The van der Waals surface area contributed by atoms with Crippen LogP contribution in [0, 0.1) is 0 Å².